The standard InChI is InChI=1S/C12H10Br.C5H5.Fe/c13-9-11-7-3-4-8-12(11)10-5-1-2-6-10;1-2-4-5-3-1;/h1-8H,9H2;1-5H;/q-1;-5;. The summed E-state index contributed by atoms with van der Waals surface area (Å²) < 4.78 is 0. The number of rotatable bonds is 2. The van der Waals surface area contributed by atoms with Gasteiger partial charge in [0.15, 0.2) is 0 Å². The van der Waals surface area contributed by atoms with Gasteiger partial charge in [-0.2, -0.15) is 12.1 Å². The van der Waals surface area contributed by atoms with E-state index in [-0.39, 0.29) is 17.1 Å². The number of hydrogen-bond acceptors (Lipinski definition) is 0. The normalized spacial score (nSPS) is 9.11. The first-order valence-corrected chi connectivity index (χ1v) is 7.06. The predicted molar refractivity (Wildman–Crippen MR) is 82.1 cm³/mol. The topological polar surface area (TPSA) is 0 Å². The molecule has 0 fully saturated rings. The zero-order valence-corrected chi connectivity index (χ0v) is 13.1. The van der Waals surface area contributed by atoms with Gasteiger partial charge in [0.1, 0.15) is 0 Å². The Morgan fingerprint density at radius 3 is 1.89 bits per heavy atom. The van der Waals surface area contributed by atoms with Crippen LogP contribution in [-0.2, 0) is 22.4 Å². The molecule has 2 heteroatoms. The molecule has 0 heterocycles. The molecule has 3 rings (SSSR count). The minimum atomic E-state index is 0. The molecule has 0 saturated heterocycles. The van der Waals surface area contributed by atoms with E-state index >= 15 is 0 Å². The summed E-state index contributed by atoms with van der Waals surface area (Å²) >= 11 is 3.49. The fourth-order valence-electron chi connectivity index (χ4n) is 1.79. The van der Waals surface area contributed by atoms with Gasteiger partial charge in [-0.05, 0) is 0 Å². The van der Waals surface area contributed by atoms with Gasteiger partial charge in [-0.3, -0.25) is 0 Å². The summed E-state index contributed by atoms with van der Waals surface area (Å²) in [5.41, 5.74) is 3.97. The molecule has 104 valence electrons. The van der Waals surface area contributed by atoms with Crippen molar-refractivity contribution >= 4 is 15.9 Å². The van der Waals surface area contributed by atoms with Gasteiger partial charge in [0.25, 0.3) is 0 Å². The third-order valence-corrected chi connectivity index (χ3v) is 3.29. The summed E-state index contributed by atoms with van der Waals surface area (Å²) in [6.07, 6.45) is 0. The summed E-state index contributed by atoms with van der Waals surface area (Å²) in [5, 5.41) is 0.911. The maximum atomic E-state index is 3.49. The Bertz CT molecular complexity index is 521. The molecular weight excluding hydrogens is 340 g/mol. The van der Waals surface area contributed by atoms with Crippen molar-refractivity contribution in [2.45, 2.75) is 5.33 Å². The fraction of sp³-hybridized carbons (Fsp3) is 0.0588. The SMILES string of the molecule is BrCc1ccccc1-[c-]1cccc1.[Fe].[cH-]1[cH-][cH-][cH-][cH-]1. The molecule has 0 spiro atoms. The van der Waals surface area contributed by atoms with Gasteiger partial charge in [0.2, 0.25) is 0 Å². The second kappa shape index (κ2) is 8.92. The van der Waals surface area contributed by atoms with Gasteiger partial charge >= 0.3 is 0 Å². The van der Waals surface area contributed by atoms with E-state index < -0.39 is 0 Å². The molecule has 0 saturated carbocycles. The molecule has 0 N–H and O–H groups in total. The Morgan fingerprint density at radius 1 is 0.842 bits per heavy atom. The van der Waals surface area contributed by atoms with Crippen molar-refractivity contribution < 1.29 is 17.1 Å². The van der Waals surface area contributed by atoms with Crippen molar-refractivity contribution in [1.29, 1.82) is 0 Å². The number of halogens is 1. The average Bonchev–Trinajstić information content (AvgIpc) is 3.14. The molecule has 3 aromatic carbocycles. The van der Waals surface area contributed by atoms with Crippen molar-refractivity contribution in [3.8, 4) is 11.1 Å². The van der Waals surface area contributed by atoms with Crippen LogP contribution in [0, 0.1) is 0 Å². The third-order valence-electron chi connectivity index (χ3n) is 2.69. The Balaban J connectivity index is 0.000000256. The third kappa shape index (κ3) is 4.83. The first-order valence-electron chi connectivity index (χ1n) is 5.94. The van der Waals surface area contributed by atoms with Gasteiger partial charge in [0.05, 0.1) is 0 Å². The zero-order chi connectivity index (χ0) is 12.6. The van der Waals surface area contributed by atoms with E-state index in [9.17, 15) is 0 Å². The Kier molecular flexibility index (Phi) is 7.50. The molecule has 0 bridgehead atoms. The summed E-state index contributed by atoms with van der Waals surface area (Å²) in [7, 11) is 0. The second-order valence-corrected chi connectivity index (χ2v) is 4.49. The van der Waals surface area contributed by atoms with Crippen molar-refractivity contribution in [3.63, 3.8) is 0 Å². The monoisotopic (exact) mass is 354 g/mol. The van der Waals surface area contributed by atoms with Gasteiger partial charge in [-0.15, -0.1) is 23.8 Å². The van der Waals surface area contributed by atoms with Crippen LogP contribution >= 0.6 is 15.9 Å². The second-order valence-electron chi connectivity index (χ2n) is 3.93. The van der Waals surface area contributed by atoms with Crippen molar-refractivity contribution in [2.24, 2.45) is 0 Å². The molecule has 0 nitrogen and oxygen atoms in total. The molecule has 19 heavy (non-hydrogen) atoms. The van der Waals surface area contributed by atoms with E-state index in [1.54, 1.807) is 0 Å². The van der Waals surface area contributed by atoms with E-state index in [0.29, 0.717) is 0 Å². The Hall–Kier alpha value is -1.08. The summed E-state index contributed by atoms with van der Waals surface area (Å²) in [4.78, 5) is 0. The fourth-order valence-corrected chi connectivity index (χ4v) is 2.28. The molecular formula is C17H15BrFe-6. The van der Waals surface area contributed by atoms with Crippen LogP contribution in [0.3, 0.4) is 0 Å². The Labute approximate surface area is 133 Å². The molecule has 0 unspecified atom stereocenters. The van der Waals surface area contributed by atoms with E-state index in [1.807, 2.05) is 30.3 Å². The van der Waals surface area contributed by atoms with Crippen LogP contribution in [0.4, 0.5) is 0 Å². The molecule has 0 aliphatic heterocycles. The summed E-state index contributed by atoms with van der Waals surface area (Å²) in [5.74, 6) is 0. The maximum absolute atomic E-state index is 3.49. The molecule has 0 atom stereocenters. The van der Waals surface area contributed by atoms with Crippen molar-refractivity contribution in [3.05, 3.63) is 84.4 Å². The van der Waals surface area contributed by atoms with Crippen LogP contribution in [-0.4, -0.2) is 0 Å². The average molecular weight is 355 g/mol. The van der Waals surface area contributed by atoms with Gasteiger partial charge in [-0.1, -0.05) is 45.3 Å². The van der Waals surface area contributed by atoms with Crippen LogP contribution in [0.2, 0.25) is 0 Å². The van der Waals surface area contributed by atoms with Crippen LogP contribution in [0.15, 0.2) is 78.9 Å². The molecule has 0 aliphatic rings. The van der Waals surface area contributed by atoms with Gasteiger partial charge < -0.3 is 30.3 Å². The number of hydrogen-bond donors (Lipinski definition) is 0. The largest absolute Gasteiger partial charge is 0.748 e. The molecule has 0 amide bonds. The smallest absolute Gasteiger partial charge is 0.00160 e. The van der Waals surface area contributed by atoms with E-state index in [0.717, 1.165) is 5.33 Å². The van der Waals surface area contributed by atoms with Crippen LogP contribution < -0.4 is 0 Å². The zero-order valence-electron chi connectivity index (χ0n) is 10.4. The van der Waals surface area contributed by atoms with Crippen LogP contribution in [0.5, 0.6) is 0 Å². The van der Waals surface area contributed by atoms with E-state index in [2.05, 4.69) is 64.5 Å². The first kappa shape index (κ1) is 16.0. The van der Waals surface area contributed by atoms with Gasteiger partial charge in [-0.25, -0.2) is 0 Å². The minimum absolute atomic E-state index is 0. The minimum Gasteiger partial charge on any atom is -0.748 e. The quantitative estimate of drug-likeness (QED) is 0.329. The van der Waals surface area contributed by atoms with Crippen LogP contribution in [0.1, 0.15) is 5.56 Å². The summed E-state index contributed by atoms with van der Waals surface area (Å²) in [6.45, 7) is 0. The molecule has 3 aromatic rings. The van der Waals surface area contributed by atoms with Gasteiger partial charge in [0, 0.05) is 22.4 Å². The predicted octanol–water partition coefficient (Wildman–Crippen LogP) is 5.37. The number of benzene rings is 1. The number of alkyl halides is 1. The van der Waals surface area contributed by atoms with E-state index in [1.165, 1.54) is 16.7 Å². The first-order chi connectivity index (χ1) is 8.92. The van der Waals surface area contributed by atoms with Crippen molar-refractivity contribution in [2.75, 3.05) is 0 Å². The van der Waals surface area contributed by atoms with Crippen LogP contribution in [0.25, 0.3) is 11.1 Å². The molecule has 0 aliphatic carbocycles. The molecule has 0 radical (unpaired) electrons. The van der Waals surface area contributed by atoms with E-state index in [4.69, 9.17) is 0 Å². The molecule has 0 aromatic heterocycles. The maximum Gasteiger partial charge on any atom is 0.00160 e. The van der Waals surface area contributed by atoms with Crippen molar-refractivity contribution in [1.82, 2.24) is 0 Å². The Morgan fingerprint density at radius 2 is 1.37 bits per heavy atom. The summed E-state index contributed by atoms with van der Waals surface area (Å²) in [6, 6.07) is 26.9.